The summed E-state index contributed by atoms with van der Waals surface area (Å²) in [5.41, 5.74) is 1.03. The number of nitrogens with one attached hydrogen (secondary N) is 1. The number of phenolic OH excluding ortho intramolecular Hbond substituents is 1. The normalized spacial score (nSPS) is 27.7. The van der Waals surface area contributed by atoms with E-state index in [-0.39, 0.29) is 11.0 Å². The Morgan fingerprint density at radius 2 is 2.08 bits per heavy atom. The van der Waals surface area contributed by atoms with Crippen molar-refractivity contribution in [1.82, 2.24) is 4.72 Å². The molecule has 1 aromatic rings. The molecule has 0 amide bonds. The molecule has 1 aliphatic rings. The fourth-order valence-corrected chi connectivity index (χ4v) is 2.73. The van der Waals surface area contributed by atoms with Gasteiger partial charge in [0.05, 0.1) is 16.2 Å². The van der Waals surface area contributed by atoms with Crippen LogP contribution in [-0.2, 0) is 11.0 Å². The molecule has 3 nitrogen and oxygen atoms in total. The quantitative estimate of drug-likeness (QED) is 0.708. The van der Waals surface area contributed by atoms with Crippen molar-refractivity contribution in [1.29, 1.82) is 0 Å². The Hall–Kier alpha value is -0.870. The monoisotopic (exact) mass is 197 g/mol. The van der Waals surface area contributed by atoms with Crippen molar-refractivity contribution < 1.29 is 9.32 Å². The second-order valence-electron chi connectivity index (χ2n) is 3.06. The molecule has 1 fully saturated rings. The lowest BCUT2D eigenvalue weighted by Crippen LogP contribution is -2.10. The Bertz CT molecular complexity index is 323. The molecule has 0 aliphatic carbocycles. The Labute approximate surface area is 79.4 Å². The minimum Gasteiger partial charge on any atom is -0.508 e. The molecule has 1 aromatic carbocycles. The summed E-state index contributed by atoms with van der Waals surface area (Å²) in [6.45, 7) is 0.804. The van der Waals surface area contributed by atoms with Crippen LogP contribution >= 0.6 is 0 Å². The molecule has 0 saturated carbocycles. The summed E-state index contributed by atoms with van der Waals surface area (Å²) in [6, 6.07) is 6.91. The van der Waals surface area contributed by atoms with E-state index < -0.39 is 11.0 Å². The van der Waals surface area contributed by atoms with Gasteiger partial charge in [-0.1, -0.05) is 12.1 Å². The summed E-state index contributed by atoms with van der Waals surface area (Å²) in [6.07, 6.45) is 0.900. The van der Waals surface area contributed by atoms with Gasteiger partial charge in [-0.25, -0.2) is 8.93 Å². The highest BCUT2D eigenvalue weighted by Crippen LogP contribution is 2.27. The summed E-state index contributed by atoms with van der Waals surface area (Å²) in [5.74, 6) is 0.250. The highest BCUT2D eigenvalue weighted by atomic mass is 32.2. The fraction of sp³-hybridized carbons (Fsp3) is 0.333. The van der Waals surface area contributed by atoms with Crippen molar-refractivity contribution in [3.05, 3.63) is 29.8 Å². The Morgan fingerprint density at radius 1 is 1.38 bits per heavy atom. The topological polar surface area (TPSA) is 49.3 Å². The zero-order valence-corrected chi connectivity index (χ0v) is 7.88. The molecule has 1 saturated heterocycles. The number of hydrogen-bond donors (Lipinski definition) is 2. The van der Waals surface area contributed by atoms with Crippen LogP contribution in [0.25, 0.3) is 0 Å². The van der Waals surface area contributed by atoms with Crippen LogP contribution in [0.1, 0.15) is 17.2 Å². The first kappa shape index (κ1) is 8.72. The Kier molecular flexibility index (Phi) is 2.33. The van der Waals surface area contributed by atoms with Crippen LogP contribution in [-0.4, -0.2) is 15.9 Å². The number of phenols is 1. The lowest BCUT2D eigenvalue weighted by molar-refractivity contribution is 0.475. The molecule has 13 heavy (non-hydrogen) atoms. The van der Waals surface area contributed by atoms with E-state index in [4.69, 9.17) is 5.11 Å². The summed E-state index contributed by atoms with van der Waals surface area (Å²) < 4.78 is 14.3. The van der Waals surface area contributed by atoms with Gasteiger partial charge in [-0.05, 0) is 24.1 Å². The molecule has 0 bridgehead atoms. The van der Waals surface area contributed by atoms with Crippen molar-refractivity contribution in [2.24, 2.45) is 0 Å². The lowest BCUT2D eigenvalue weighted by Gasteiger charge is -2.06. The maximum Gasteiger partial charge on any atom is 0.115 e. The van der Waals surface area contributed by atoms with Crippen molar-refractivity contribution in [3.63, 3.8) is 0 Å². The SMILES string of the molecule is O=S1NCCC1c1ccc(O)cc1. The number of hydrogen-bond acceptors (Lipinski definition) is 2. The first-order valence-electron chi connectivity index (χ1n) is 4.20. The van der Waals surface area contributed by atoms with Crippen LogP contribution < -0.4 is 4.72 Å². The summed E-state index contributed by atoms with van der Waals surface area (Å²) in [7, 11) is -0.950. The summed E-state index contributed by atoms with van der Waals surface area (Å²) in [5, 5.41) is 9.16. The van der Waals surface area contributed by atoms with E-state index in [2.05, 4.69) is 4.72 Å². The highest BCUT2D eigenvalue weighted by molar-refractivity contribution is 7.83. The third-order valence-corrected chi connectivity index (χ3v) is 3.69. The Morgan fingerprint density at radius 3 is 2.62 bits per heavy atom. The lowest BCUT2D eigenvalue weighted by atomic mass is 10.1. The molecule has 2 rings (SSSR count). The van der Waals surface area contributed by atoms with E-state index >= 15 is 0 Å². The number of rotatable bonds is 1. The summed E-state index contributed by atoms with van der Waals surface area (Å²) in [4.78, 5) is 0. The molecule has 0 radical (unpaired) electrons. The second kappa shape index (κ2) is 3.47. The molecule has 1 aliphatic heterocycles. The molecule has 2 unspecified atom stereocenters. The van der Waals surface area contributed by atoms with E-state index in [1.807, 2.05) is 12.1 Å². The molecule has 2 N–H and O–H groups in total. The van der Waals surface area contributed by atoms with Gasteiger partial charge in [0.1, 0.15) is 5.75 Å². The standard InChI is InChI=1S/C9H11NO2S/c11-8-3-1-7(2-4-8)9-5-6-10-13(9)12/h1-4,9-11H,5-6H2. The fourth-order valence-electron chi connectivity index (χ4n) is 1.48. The average Bonchev–Trinajstić information content (AvgIpc) is 2.53. The predicted octanol–water partition coefficient (Wildman–Crippen LogP) is 1.09. The van der Waals surface area contributed by atoms with Gasteiger partial charge in [-0.15, -0.1) is 0 Å². The maximum atomic E-state index is 11.4. The van der Waals surface area contributed by atoms with E-state index in [1.54, 1.807) is 12.1 Å². The van der Waals surface area contributed by atoms with E-state index in [0.29, 0.717) is 0 Å². The van der Waals surface area contributed by atoms with Gasteiger partial charge in [-0.3, -0.25) is 0 Å². The van der Waals surface area contributed by atoms with Gasteiger partial charge < -0.3 is 5.11 Å². The molecular weight excluding hydrogens is 186 g/mol. The molecule has 4 heteroatoms. The van der Waals surface area contributed by atoms with Crippen molar-refractivity contribution in [2.45, 2.75) is 11.7 Å². The van der Waals surface area contributed by atoms with Crippen LogP contribution in [0.2, 0.25) is 0 Å². The molecule has 0 spiro atoms. The van der Waals surface area contributed by atoms with Gasteiger partial charge in [0.2, 0.25) is 0 Å². The number of benzene rings is 1. The third-order valence-electron chi connectivity index (χ3n) is 2.17. The minimum absolute atomic E-state index is 0.0839. The second-order valence-corrected chi connectivity index (χ2v) is 4.51. The first-order valence-corrected chi connectivity index (χ1v) is 5.41. The largest absolute Gasteiger partial charge is 0.508 e. The predicted molar refractivity (Wildman–Crippen MR) is 51.6 cm³/mol. The van der Waals surface area contributed by atoms with Crippen LogP contribution in [0, 0.1) is 0 Å². The van der Waals surface area contributed by atoms with E-state index in [1.165, 1.54) is 0 Å². The van der Waals surface area contributed by atoms with Crippen LogP contribution in [0.5, 0.6) is 5.75 Å². The third kappa shape index (κ3) is 1.73. The van der Waals surface area contributed by atoms with Gasteiger partial charge >= 0.3 is 0 Å². The van der Waals surface area contributed by atoms with Gasteiger partial charge in [0.25, 0.3) is 0 Å². The Balaban J connectivity index is 2.25. The smallest absolute Gasteiger partial charge is 0.115 e. The van der Waals surface area contributed by atoms with E-state index in [9.17, 15) is 4.21 Å². The first-order chi connectivity index (χ1) is 6.27. The van der Waals surface area contributed by atoms with Gasteiger partial charge in [-0.2, -0.15) is 0 Å². The minimum atomic E-state index is -0.950. The average molecular weight is 197 g/mol. The molecule has 1 heterocycles. The highest BCUT2D eigenvalue weighted by Gasteiger charge is 2.24. The van der Waals surface area contributed by atoms with Crippen molar-refractivity contribution >= 4 is 11.0 Å². The number of aromatic hydroxyl groups is 1. The molecule has 2 atom stereocenters. The molecule has 70 valence electrons. The zero-order valence-electron chi connectivity index (χ0n) is 7.06. The maximum absolute atomic E-state index is 11.4. The van der Waals surface area contributed by atoms with Crippen LogP contribution in [0.15, 0.2) is 24.3 Å². The van der Waals surface area contributed by atoms with Crippen molar-refractivity contribution in [3.8, 4) is 5.75 Å². The van der Waals surface area contributed by atoms with Gasteiger partial charge in [0, 0.05) is 6.54 Å². The molecule has 0 aromatic heterocycles. The van der Waals surface area contributed by atoms with Crippen LogP contribution in [0.3, 0.4) is 0 Å². The summed E-state index contributed by atoms with van der Waals surface area (Å²) >= 11 is 0. The van der Waals surface area contributed by atoms with Crippen LogP contribution in [0.4, 0.5) is 0 Å². The molecular formula is C9H11NO2S. The van der Waals surface area contributed by atoms with E-state index in [0.717, 1.165) is 18.5 Å². The van der Waals surface area contributed by atoms with Crippen molar-refractivity contribution in [2.75, 3.05) is 6.54 Å². The zero-order chi connectivity index (χ0) is 9.26. The van der Waals surface area contributed by atoms with Gasteiger partial charge in [0.15, 0.2) is 0 Å².